The molecule has 0 fully saturated rings. The minimum absolute atomic E-state index is 0.104. The van der Waals surface area contributed by atoms with Crippen LogP contribution < -0.4 is 10.2 Å². The summed E-state index contributed by atoms with van der Waals surface area (Å²) < 4.78 is 3.30. The van der Waals surface area contributed by atoms with Crippen molar-refractivity contribution in [1.29, 1.82) is 0 Å². The molecule has 0 heterocycles. The molecule has 0 aliphatic carbocycles. The monoisotopic (exact) mass is 696 g/mol. The molecule has 7 heteroatoms. The Labute approximate surface area is 265 Å². The Morgan fingerprint density at radius 2 is 0.744 bits per heavy atom. The van der Waals surface area contributed by atoms with Crippen molar-refractivity contribution in [2.45, 2.75) is 188 Å². The number of thiol groups is 2. The molecule has 4 nitrogen and oxygen atoms in total. The molecule has 0 spiro atoms. The van der Waals surface area contributed by atoms with E-state index in [1.807, 2.05) is 0 Å². The van der Waals surface area contributed by atoms with Crippen molar-refractivity contribution < 1.29 is 19.8 Å². The van der Waals surface area contributed by atoms with Gasteiger partial charge in [0.2, 0.25) is 0 Å². The summed E-state index contributed by atoms with van der Waals surface area (Å²) >= 11 is 7.92. The second kappa shape index (κ2) is 38.4. The van der Waals surface area contributed by atoms with E-state index in [-0.39, 0.29) is 21.1 Å². The van der Waals surface area contributed by atoms with Crippen molar-refractivity contribution in [1.82, 2.24) is 0 Å². The average Bonchev–Trinajstić information content (AvgIpc) is 2.92. The van der Waals surface area contributed by atoms with E-state index in [0.29, 0.717) is 12.8 Å². The summed E-state index contributed by atoms with van der Waals surface area (Å²) in [5.41, 5.74) is 0. The van der Waals surface area contributed by atoms with Gasteiger partial charge in [-0.15, -0.1) is 0 Å². The zero-order chi connectivity index (χ0) is 30.0. The number of aliphatic carboxylic acids is 2. The van der Waals surface area contributed by atoms with Crippen molar-refractivity contribution in [3.05, 3.63) is 0 Å². The molecule has 0 aromatic rings. The van der Waals surface area contributed by atoms with Gasteiger partial charge >= 0.3 is 95.2 Å². The van der Waals surface area contributed by atoms with Crippen LogP contribution >= 0.6 is 25.3 Å². The molecule has 0 N–H and O–H groups in total. The fourth-order valence-electron chi connectivity index (χ4n) is 3.95. The summed E-state index contributed by atoms with van der Waals surface area (Å²) in [5, 5.41) is 19.4. The van der Waals surface area contributed by atoms with Crippen molar-refractivity contribution in [3.63, 3.8) is 0 Å². The number of hydrogen-bond acceptors (Lipinski definition) is 6. The summed E-state index contributed by atoms with van der Waals surface area (Å²) in [6, 6.07) is 0. The van der Waals surface area contributed by atoms with Crippen LogP contribution in [-0.4, -0.2) is 43.6 Å². The quantitative estimate of drug-likeness (QED) is 0.0543. The van der Waals surface area contributed by atoms with E-state index in [2.05, 4.69) is 53.0 Å². The van der Waals surface area contributed by atoms with E-state index in [4.69, 9.17) is 0 Å². The molecule has 0 aliphatic rings. The Bertz CT molecular complexity index is 453. The fraction of sp³-hybridized carbons (Fsp3) is 0.938. The number of carboxylic acid groups (broad SMARTS) is 2. The third-order valence-electron chi connectivity index (χ3n) is 6.62. The molecule has 2 atom stereocenters. The van der Waals surface area contributed by atoms with Crippen molar-refractivity contribution in [2.75, 3.05) is 0 Å². The molecule has 39 heavy (non-hydrogen) atoms. The second-order valence-corrected chi connectivity index (χ2v) is 16.2. The first-order valence-electron chi connectivity index (χ1n) is 16.3. The number of carboxylic acids is 2. The standard InChI is InChI=1S/2C10H20O2S.2C6H13.Sn/c2*1-2-3-4-5-6-7-8-9(13)10(11)12;2*1-3-5-6-4-2;/h2*9,13H,2-8H2,1H3,(H,11,12);2*1,3-6H2,2H3;/q;;;;+2/p-2. The Hall–Kier alpha value is 0.439. The molecular weight excluding hydrogens is 631 g/mol. The van der Waals surface area contributed by atoms with Crippen LogP contribution in [0.25, 0.3) is 0 Å². The van der Waals surface area contributed by atoms with E-state index < -0.39 is 22.4 Å². The summed E-state index contributed by atoms with van der Waals surface area (Å²) in [5.74, 6) is -2.09. The van der Waals surface area contributed by atoms with Gasteiger partial charge in [0.1, 0.15) is 0 Å². The van der Waals surface area contributed by atoms with Crippen LogP contribution in [0.15, 0.2) is 0 Å². The summed E-state index contributed by atoms with van der Waals surface area (Å²) in [6.07, 6.45) is 27.2. The predicted molar refractivity (Wildman–Crippen MR) is 175 cm³/mol. The minimum atomic E-state index is -1.04. The van der Waals surface area contributed by atoms with Crippen LogP contribution in [0, 0.1) is 0 Å². The zero-order valence-corrected chi connectivity index (χ0v) is 30.8. The Balaban J connectivity index is -0.000000498. The van der Waals surface area contributed by atoms with Gasteiger partial charge in [0.15, 0.2) is 0 Å². The number of unbranched alkanes of at least 4 members (excludes halogenated alkanes) is 16. The number of rotatable bonds is 26. The number of carbonyl (C=O) groups is 2. The normalized spacial score (nSPS) is 11.8. The number of hydrogen-bond donors (Lipinski definition) is 2. The Morgan fingerprint density at radius 3 is 1.03 bits per heavy atom. The molecule has 0 radical (unpaired) electrons. The number of carbonyl (C=O) groups excluding carboxylic acids is 2. The molecule has 0 aliphatic heterocycles. The van der Waals surface area contributed by atoms with E-state index in [0.717, 1.165) is 25.7 Å². The first-order chi connectivity index (χ1) is 18.8. The van der Waals surface area contributed by atoms with Gasteiger partial charge in [-0.05, 0) is 12.8 Å². The second-order valence-electron chi connectivity index (χ2n) is 10.7. The molecule has 2 unspecified atom stereocenters. The fourth-order valence-corrected chi connectivity index (χ4v) is 7.88. The molecular formula is C32H64O4S2Sn. The molecule has 232 valence electrons. The first kappa shape index (κ1) is 43.9. The van der Waals surface area contributed by atoms with Crippen molar-refractivity contribution >= 4 is 58.3 Å². The first-order valence-corrected chi connectivity index (χ1v) is 21.3. The van der Waals surface area contributed by atoms with Crippen LogP contribution in [-0.2, 0) is 9.59 Å². The SMILES string of the molecule is CCCCCCCCC(S)C(=O)[O-].CCCCCCCCC(S)C(=O)[O-].CCCCC[CH2][Sn+2][CH2]CCCCC. The van der Waals surface area contributed by atoms with Gasteiger partial charge in [-0.2, -0.15) is 25.3 Å². The van der Waals surface area contributed by atoms with Gasteiger partial charge in [0.05, 0.1) is 11.9 Å². The average molecular weight is 696 g/mol. The van der Waals surface area contributed by atoms with E-state index in [1.165, 1.54) is 89.9 Å². The summed E-state index contributed by atoms with van der Waals surface area (Å²) in [4.78, 5) is 20.6. The molecule has 0 saturated heterocycles. The zero-order valence-electron chi connectivity index (χ0n) is 26.2. The van der Waals surface area contributed by atoms with Crippen molar-refractivity contribution in [3.8, 4) is 0 Å². The van der Waals surface area contributed by atoms with E-state index >= 15 is 0 Å². The van der Waals surface area contributed by atoms with Gasteiger partial charge in [-0.25, -0.2) is 0 Å². The predicted octanol–water partition coefficient (Wildman–Crippen LogP) is 8.26. The van der Waals surface area contributed by atoms with Gasteiger partial charge < -0.3 is 19.8 Å². The summed E-state index contributed by atoms with van der Waals surface area (Å²) in [7, 11) is 0. The van der Waals surface area contributed by atoms with Crippen LogP contribution in [0.4, 0.5) is 0 Å². The van der Waals surface area contributed by atoms with E-state index in [9.17, 15) is 19.8 Å². The third-order valence-corrected chi connectivity index (χ3v) is 11.6. The van der Waals surface area contributed by atoms with Crippen LogP contribution in [0.5, 0.6) is 0 Å². The topological polar surface area (TPSA) is 80.3 Å². The van der Waals surface area contributed by atoms with Crippen molar-refractivity contribution in [2.24, 2.45) is 0 Å². The van der Waals surface area contributed by atoms with Crippen LogP contribution in [0.3, 0.4) is 0 Å². The molecule has 0 rings (SSSR count). The van der Waals surface area contributed by atoms with Crippen LogP contribution in [0.1, 0.15) is 169 Å². The van der Waals surface area contributed by atoms with Crippen LogP contribution in [0.2, 0.25) is 8.87 Å². The summed E-state index contributed by atoms with van der Waals surface area (Å²) in [6.45, 7) is 8.95. The molecule has 0 aromatic heterocycles. The molecule has 0 saturated carbocycles. The Kier molecular flexibility index (Phi) is 43.3. The molecule has 0 amide bonds. The Morgan fingerprint density at radius 1 is 0.487 bits per heavy atom. The van der Waals surface area contributed by atoms with Gasteiger partial charge in [-0.3, -0.25) is 0 Å². The van der Waals surface area contributed by atoms with E-state index in [1.54, 1.807) is 21.7 Å². The van der Waals surface area contributed by atoms with Gasteiger partial charge in [0, 0.05) is 10.5 Å². The van der Waals surface area contributed by atoms with Gasteiger partial charge in [0.25, 0.3) is 0 Å². The van der Waals surface area contributed by atoms with Gasteiger partial charge in [-0.1, -0.05) is 90.9 Å². The maximum absolute atomic E-state index is 10.3. The molecule has 0 bridgehead atoms. The third kappa shape index (κ3) is 43.0. The maximum atomic E-state index is 10.3. The molecule has 0 aromatic carbocycles.